The second-order valence-corrected chi connectivity index (χ2v) is 7.45. The molecule has 21 heavy (non-hydrogen) atoms. The summed E-state index contributed by atoms with van der Waals surface area (Å²) < 4.78 is 28.2. The van der Waals surface area contributed by atoms with Crippen LogP contribution in [-0.2, 0) is 14.6 Å². The lowest BCUT2D eigenvalue weighted by atomic mass is 10.1. The number of hydrazine groups is 1. The number of hydrogen-bond acceptors (Lipinski definition) is 5. The smallest absolute Gasteiger partial charge is 0.273 e. The minimum Gasteiger partial charge on any atom is -0.466 e. The van der Waals surface area contributed by atoms with Crippen LogP contribution >= 0.6 is 0 Å². The van der Waals surface area contributed by atoms with Crippen molar-refractivity contribution in [3.8, 4) is 0 Å². The Balaban J connectivity index is 1.92. The summed E-state index contributed by atoms with van der Waals surface area (Å²) in [6.07, 6.45) is 0.971. The van der Waals surface area contributed by atoms with Gasteiger partial charge in [0.1, 0.15) is 11.5 Å². The topological polar surface area (TPSA) is 105 Å². The van der Waals surface area contributed by atoms with Gasteiger partial charge in [-0.25, -0.2) is 8.42 Å². The van der Waals surface area contributed by atoms with Crippen molar-refractivity contribution in [2.24, 2.45) is 5.92 Å². The van der Waals surface area contributed by atoms with Gasteiger partial charge in [-0.15, -0.1) is 0 Å². The molecule has 0 radical (unpaired) electrons. The number of furan rings is 1. The van der Waals surface area contributed by atoms with Crippen LogP contribution in [0.5, 0.6) is 0 Å². The fourth-order valence-electron chi connectivity index (χ4n) is 2.37. The minimum absolute atomic E-state index is 0.122. The molecular formula is C13H18N2O5S. The van der Waals surface area contributed by atoms with Crippen molar-refractivity contribution >= 4 is 21.7 Å². The first-order chi connectivity index (χ1) is 9.78. The second kappa shape index (κ2) is 5.88. The van der Waals surface area contributed by atoms with E-state index >= 15 is 0 Å². The SMILES string of the molecule is Cc1cc(C(=O)NNC(=O)[C@H]2CCCS(=O)(=O)C2)c(C)o1. The fraction of sp³-hybridized carbons (Fsp3) is 0.538. The highest BCUT2D eigenvalue weighted by Crippen LogP contribution is 2.18. The molecule has 1 aliphatic rings. The first-order valence-electron chi connectivity index (χ1n) is 6.66. The molecule has 2 heterocycles. The average Bonchev–Trinajstić information content (AvgIpc) is 2.73. The van der Waals surface area contributed by atoms with Crippen LogP contribution in [0, 0.1) is 19.8 Å². The van der Waals surface area contributed by atoms with Gasteiger partial charge in [0, 0.05) is 0 Å². The number of amides is 2. The summed E-state index contributed by atoms with van der Waals surface area (Å²) in [5.74, 6) is -0.575. The summed E-state index contributed by atoms with van der Waals surface area (Å²) >= 11 is 0. The first-order valence-corrected chi connectivity index (χ1v) is 8.48. The number of carbonyl (C=O) groups is 2. The van der Waals surface area contributed by atoms with Crippen molar-refractivity contribution in [3.05, 3.63) is 23.2 Å². The minimum atomic E-state index is -3.16. The van der Waals surface area contributed by atoms with E-state index in [-0.39, 0.29) is 11.5 Å². The Morgan fingerprint density at radius 2 is 2.00 bits per heavy atom. The van der Waals surface area contributed by atoms with Gasteiger partial charge in [-0.1, -0.05) is 0 Å². The Hall–Kier alpha value is -1.83. The van der Waals surface area contributed by atoms with E-state index in [0.717, 1.165) is 0 Å². The summed E-state index contributed by atoms with van der Waals surface area (Å²) in [4.78, 5) is 23.8. The molecule has 0 saturated carbocycles. The van der Waals surface area contributed by atoms with Crippen molar-refractivity contribution < 1.29 is 22.4 Å². The van der Waals surface area contributed by atoms with Crippen LogP contribution < -0.4 is 10.9 Å². The Kier molecular flexibility index (Phi) is 4.36. The zero-order valence-electron chi connectivity index (χ0n) is 11.9. The quantitative estimate of drug-likeness (QED) is 0.773. The molecule has 1 aromatic heterocycles. The molecular weight excluding hydrogens is 296 g/mol. The zero-order valence-corrected chi connectivity index (χ0v) is 12.7. The van der Waals surface area contributed by atoms with E-state index in [4.69, 9.17) is 4.42 Å². The molecule has 2 rings (SSSR count). The molecule has 0 aliphatic carbocycles. The molecule has 0 aromatic carbocycles. The highest BCUT2D eigenvalue weighted by Gasteiger charge is 2.30. The van der Waals surface area contributed by atoms with Crippen LogP contribution in [0.2, 0.25) is 0 Å². The van der Waals surface area contributed by atoms with Gasteiger partial charge in [-0.05, 0) is 32.8 Å². The van der Waals surface area contributed by atoms with Gasteiger partial charge < -0.3 is 4.42 Å². The number of nitrogens with one attached hydrogen (secondary N) is 2. The van der Waals surface area contributed by atoms with Crippen LogP contribution in [0.4, 0.5) is 0 Å². The normalized spacial score (nSPS) is 20.8. The summed E-state index contributed by atoms with van der Waals surface area (Å²) in [7, 11) is -3.16. The van der Waals surface area contributed by atoms with Crippen LogP contribution in [0.15, 0.2) is 10.5 Å². The molecule has 2 amide bonds. The Labute approximate surface area is 123 Å². The molecule has 8 heteroatoms. The van der Waals surface area contributed by atoms with E-state index in [1.165, 1.54) is 0 Å². The van der Waals surface area contributed by atoms with Crippen LogP contribution in [-0.4, -0.2) is 31.7 Å². The van der Waals surface area contributed by atoms with Crippen molar-refractivity contribution in [2.75, 3.05) is 11.5 Å². The van der Waals surface area contributed by atoms with Crippen LogP contribution in [0.25, 0.3) is 0 Å². The second-order valence-electron chi connectivity index (χ2n) is 5.22. The number of hydrogen-bond donors (Lipinski definition) is 2. The third-order valence-electron chi connectivity index (χ3n) is 3.42. The summed E-state index contributed by atoms with van der Waals surface area (Å²) in [5.41, 5.74) is 4.90. The Morgan fingerprint density at radius 1 is 1.29 bits per heavy atom. The first kappa shape index (κ1) is 15.6. The van der Waals surface area contributed by atoms with Crippen LogP contribution in [0.3, 0.4) is 0 Å². The lowest BCUT2D eigenvalue weighted by molar-refractivity contribution is -0.125. The average molecular weight is 314 g/mol. The van der Waals surface area contributed by atoms with Gasteiger partial charge in [-0.2, -0.15) is 0 Å². The molecule has 116 valence electrons. The molecule has 0 unspecified atom stereocenters. The highest BCUT2D eigenvalue weighted by atomic mass is 32.2. The van der Waals surface area contributed by atoms with Crippen LogP contribution in [0.1, 0.15) is 34.7 Å². The van der Waals surface area contributed by atoms with E-state index < -0.39 is 27.6 Å². The third-order valence-corrected chi connectivity index (χ3v) is 5.24. The van der Waals surface area contributed by atoms with Gasteiger partial charge in [0.05, 0.1) is 23.0 Å². The number of carbonyl (C=O) groups excluding carboxylic acids is 2. The standard InChI is InChI=1S/C13H18N2O5S/c1-8-6-11(9(2)20-8)13(17)15-14-12(16)10-4-3-5-21(18,19)7-10/h6,10H,3-5,7H2,1-2H3,(H,14,16)(H,15,17)/t10-/m0/s1. The largest absolute Gasteiger partial charge is 0.466 e. The molecule has 1 aliphatic heterocycles. The Morgan fingerprint density at radius 3 is 2.57 bits per heavy atom. The predicted octanol–water partition coefficient (Wildman–Crippen LogP) is 0.482. The summed E-state index contributed by atoms with van der Waals surface area (Å²) in [6, 6.07) is 1.57. The summed E-state index contributed by atoms with van der Waals surface area (Å²) in [5, 5.41) is 0. The van der Waals surface area contributed by atoms with Gasteiger partial charge >= 0.3 is 0 Å². The molecule has 1 fully saturated rings. The van der Waals surface area contributed by atoms with Gasteiger partial charge in [-0.3, -0.25) is 20.4 Å². The predicted molar refractivity (Wildman–Crippen MR) is 75.2 cm³/mol. The van der Waals surface area contributed by atoms with Crippen molar-refractivity contribution in [1.29, 1.82) is 0 Å². The number of sulfone groups is 1. The van der Waals surface area contributed by atoms with Gasteiger partial charge in [0.15, 0.2) is 9.84 Å². The van der Waals surface area contributed by atoms with E-state index in [1.807, 2.05) is 0 Å². The van der Waals surface area contributed by atoms with E-state index in [0.29, 0.717) is 29.9 Å². The maximum absolute atomic E-state index is 11.9. The summed E-state index contributed by atoms with van der Waals surface area (Å²) in [6.45, 7) is 3.37. The molecule has 2 N–H and O–H groups in total. The van der Waals surface area contributed by atoms with Gasteiger partial charge in [0.25, 0.3) is 5.91 Å². The molecule has 1 atom stereocenters. The monoisotopic (exact) mass is 314 g/mol. The highest BCUT2D eigenvalue weighted by molar-refractivity contribution is 7.91. The lowest BCUT2D eigenvalue weighted by Gasteiger charge is -2.21. The third kappa shape index (κ3) is 3.84. The fourth-order valence-corrected chi connectivity index (χ4v) is 4.08. The molecule has 0 spiro atoms. The maximum atomic E-state index is 11.9. The molecule has 0 bridgehead atoms. The number of aryl methyl sites for hydroxylation is 2. The van der Waals surface area contributed by atoms with E-state index in [1.54, 1.807) is 19.9 Å². The van der Waals surface area contributed by atoms with Crippen molar-refractivity contribution in [3.63, 3.8) is 0 Å². The lowest BCUT2D eigenvalue weighted by Crippen LogP contribution is -2.47. The van der Waals surface area contributed by atoms with Gasteiger partial charge in [0.2, 0.25) is 5.91 Å². The van der Waals surface area contributed by atoms with E-state index in [2.05, 4.69) is 10.9 Å². The molecule has 1 saturated heterocycles. The van der Waals surface area contributed by atoms with Crippen molar-refractivity contribution in [2.45, 2.75) is 26.7 Å². The maximum Gasteiger partial charge on any atom is 0.273 e. The van der Waals surface area contributed by atoms with Crippen molar-refractivity contribution in [1.82, 2.24) is 10.9 Å². The zero-order chi connectivity index (χ0) is 15.6. The molecule has 7 nitrogen and oxygen atoms in total. The number of rotatable bonds is 2. The Bertz CT molecular complexity index is 662. The van der Waals surface area contributed by atoms with E-state index in [9.17, 15) is 18.0 Å². The molecule has 1 aromatic rings.